The number of carbonyl (C=O) groups is 1. The average Bonchev–Trinajstić information content (AvgIpc) is 2.81. The van der Waals surface area contributed by atoms with Crippen LogP contribution in [0.25, 0.3) is 0 Å². The van der Waals surface area contributed by atoms with Gasteiger partial charge in [-0.3, -0.25) is 4.79 Å². The van der Waals surface area contributed by atoms with Crippen LogP contribution in [0.1, 0.15) is 129 Å². The summed E-state index contributed by atoms with van der Waals surface area (Å²) in [5, 5.41) is 14.6. The molecule has 2 atom stereocenters. The Bertz CT molecular complexity index is 939. The van der Waals surface area contributed by atoms with Gasteiger partial charge in [0.2, 0.25) is 5.91 Å². The highest BCUT2D eigenvalue weighted by molar-refractivity contribution is 5.94. The van der Waals surface area contributed by atoms with Gasteiger partial charge in [0.15, 0.2) is 0 Å². The van der Waals surface area contributed by atoms with Crippen molar-refractivity contribution in [2.45, 2.75) is 135 Å². The monoisotopic (exact) mass is 481 g/mol. The molecular weight excluding hydrogens is 434 g/mol. The lowest BCUT2D eigenvalue weighted by Crippen LogP contribution is -2.46. The van der Waals surface area contributed by atoms with Gasteiger partial charge in [0.1, 0.15) is 17.1 Å². The second kappa shape index (κ2) is 10.6. The van der Waals surface area contributed by atoms with E-state index < -0.39 is 0 Å². The maximum Gasteiger partial charge on any atom is 0.247 e. The summed E-state index contributed by atoms with van der Waals surface area (Å²) in [5.41, 5.74) is 2.54. The minimum Gasteiger partial charge on any atom is -0.508 e. The molecule has 1 aromatic rings. The SMILES string of the molecule is CCCCCCC(C)(C)c1cc(O)c2c(c1)OC(C)(C)C1CC=C(C(=O)NC3CCCCC3)CC21. The number of fused-ring (bicyclic) bond motifs is 3. The zero-order valence-electron chi connectivity index (χ0n) is 22.7. The van der Waals surface area contributed by atoms with Gasteiger partial charge in [-0.2, -0.15) is 0 Å². The van der Waals surface area contributed by atoms with E-state index in [0.29, 0.717) is 18.2 Å². The van der Waals surface area contributed by atoms with Crippen molar-refractivity contribution in [3.05, 3.63) is 34.9 Å². The van der Waals surface area contributed by atoms with E-state index in [-0.39, 0.29) is 28.8 Å². The van der Waals surface area contributed by atoms with E-state index in [2.05, 4.69) is 52.1 Å². The number of phenolic OH excluding ortho intramolecular Hbond substituents is 1. The first kappa shape index (κ1) is 26.1. The molecule has 0 radical (unpaired) electrons. The topological polar surface area (TPSA) is 58.6 Å². The van der Waals surface area contributed by atoms with Crippen LogP contribution in [0.3, 0.4) is 0 Å². The second-order valence-electron chi connectivity index (χ2n) is 12.5. The zero-order chi connectivity index (χ0) is 25.2. The summed E-state index contributed by atoms with van der Waals surface area (Å²) >= 11 is 0. The van der Waals surface area contributed by atoms with Crippen molar-refractivity contribution in [3.63, 3.8) is 0 Å². The number of amides is 1. The second-order valence-corrected chi connectivity index (χ2v) is 12.5. The minimum absolute atomic E-state index is 0.0257. The van der Waals surface area contributed by atoms with E-state index in [1.54, 1.807) is 0 Å². The molecule has 0 bridgehead atoms. The number of benzene rings is 1. The smallest absolute Gasteiger partial charge is 0.247 e. The molecule has 0 saturated heterocycles. The third kappa shape index (κ3) is 5.73. The molecule has 3 aliphatic rings. The van der Waals surface area contributed by atoms with Gasteiger partial charge >= 0.3 is 0 Å². The molecule has 1 amide bonds. The lowest BCUT2D eigenvalue weighted by atomic mass is 9.66. The van der Waals surface area contributed by atoms with Crippen molar-refractivity contribution in [2.24, 2.45) is 5.92 Å². The van der Waals surface area contributed by atoms with Gasteiger partial charge in [0.05, 0.1) is 0 Å². The third-order valence-electron chi connectivity index (χ3n) is 8.97. The van der Waals surface area contributed by atoms with E-state index >= 15 is 0 Å². The predicted molar refractivity (Wildman–Crippen MR) is 143 cm³/mol. The van der Waals surface area contributed by atoms with Gasteiger partial charge in [0, 0.05) is 29.0 Å². The summed E-state index contributed by atoms with van der Waals surface area (Å²) in [6.45, 7) is 11.1. The lowest BCUT2D eigenvalue weighted by Gasteiger charge is -2.47. The van der Waals surface area contributed by atoms with Crippen LogP contribution in [-0.4, -0.2) is 22.7 Å². The van der Waals surface area contributed by atoms with Gasteiger partial charge in [-0.05, 0) is 69.1 Å². The first-order chi connectivity index (χ1) is 16.6. The largest absolute Gasteiger partial charge is 0.508 e. The Morgan fingerprint density at radius 3 is 2.60 bits per heavy atom. The molecule has 4 rings (SSSR count). The molecule has 2 unspecified atom stereocenters. The van der Waals surface area contributed by atoms with Crippen molar-refractivity contribution in [3.8, 4) is 11.5 Å². The quantitative estimate of drug-likeness (QED) is 0.374. The van der Waals surface area contributed by atoms with Crippen molar-refractivity contribution in [2.75, 3.05) is 0 Å². The van der Waals surface area contributed by atoms with Crippen LogP contribution in [0.4, 0.5) is 0 Å². The molecule has 4 heteroatoms. The zero-order valence-corrected chi connectivity index (χ0v) is 22.7. The summed E-state index contributed by atoms with van der Waals surface area (Å²) in [7, 11) is 0. The van der Waals surface area contributed by atoms with E-state index in [4.69, 9.17) is 4.74 Å². The Morgan fingerprint density at radius 2 is 1.89 bits per heavy atom. The van der Waals surface area contributed by atoms with Gasteiger partial charge in [-0.1, -0.05) is 71.8 Å². The van der Waals surface area contributed by atoms with Crippen molar-refractivity contribution < 1.29 is 14.6 Å². The molecule has 1 aliphatic heterocycles. The Hall–Kier alpha value is -1.97. The molecule has 2 aliphatic carbocycles. The number of rotatable bonds is 8. The highest BCUT2D eigenvalue weighted by atomic mass is 16.5. The fourth-order valence-corrected chi connectivity index (χ4v) is 6.63. The molecular formula is C31H47NO3. The molecule has 0 aromatic heterocycles. The maximum atomic E-state index is 13.2. The summed E-state index contributed by atoms with van der Waals surface area (Å²) < 4.78 is 6.58. The first-order valence-corrected chi connectivity index (χ1v) is 14.2. The van der Waals surface area contributed by atoms with Gasteiger partial charge in [0.25, 0.3) is 0 Å². The molecule has 1 aromatic carbocycles. The fraction of sp³-hybridized carbons (Fsp3) is 0.710. The molecule has 2 N–H and O–H groups in total. The molecule has 1 fully saturated rings. The molecule has 4 nitrogen and oxygen atoms in total. The maximum absolute atomic E-state index is 13.2. The number of aromatic hydroxyl groups is 1. The minimum atomic E-state index is -0.351. The Labute approximate surface area is 212 Å². The number of carbonyl (C=O) groups excluding carboxylic acids is 1. The number of hydrogen-bond donors (Lipinski definition) is 2. The molecule has 1 heterocycles. The van der Waals surface area contributed by atoms with Crippen LogP contribution < -0.4 is 10.1 Å². The van der Waals surface area contributed by atoms with Crippen molar-refractivity contribution >= 4 is 5.91 Å². The van der Waals surface area contributed by atoms with Gasteiger partial charge in [-0.25, -0.2) is 0 Å². The number of unbranched alkanes of at least 4 members (excludes halogenated alkanes) is 3. The molecule has 35 heavy (non-hydrogen) atoms. The van der Waals surface area contributed by atoms with Crippen LogP contribution in [0.15, 0.2) is 23.8 Å². The molecule has 0 spiro atoms. The standard InChI is InChI=1S/C31H47NO3/c1-6-7-8-12-17-30(2,3)22-19-26(33)28-24-18-21(29(34)32-23-13-10-9-11-14-23)15-16-25(24)31(4,5)35-27(28)20-22/h15,19-20,23-25,33H,6-14,16-18H2,1-5H3,(H,32,34). The first-order valence-electron chi connectivity index (χ1n) is 14.2. The lowest BCUT2D eigenvalue weighted by molar-refractivity contribution is -0.118. The highest BCUT2D eigenvalue weighted by Gasteiger charge is 2.47. The molecule has 1 saturated carbocycles. The summed E-state index contributed by atoms with van der Waals surface area (Å²) in [6.07, 6.45) is 15.5. The fourth-order valence-electron chi connectivity index (χ4n) is 6.63. The number of nitrogens with one attached hydrogen (secondary N) is 1. The van der Waals surface area contributed by atoms with E-state index in [9.17, 15) is 9.90 Å². The van der Waals surface area contributed by atoms with Crippen LogP contribution in [0.5, 0.6) is 11.5 Å². The van der Waals surface area contributed by atoms with Crippen LogP contribution in [0.2, 0.25) is 0 Å². The van der Waals surface area contributed by atoms with E-state index in [0.717, 1.165) is 48.1 Å². The third-order valence-corrected chi connectivity index (χ3v) is 8.97. The van der Waals surface area contributed by atoms with E-state index in [1.165, 1.54) is 44.9 Å². The number of allylic oxidation sites excluding steroid dienone is 1. The average molecular weight is 482 g/mol. The summed E-state index contributed by atoms with van der Waals surface area (Å²) in [5.74, 6) is 1.55. The molecule has 194 valence electrons. The highest BCUT2D eigenvalue weighted by Crippen LogP contribution is 2.55. The van der Waals surface area contributed by atoms with Gasteiger partial charge < -0.3 is 15.2 Å². The van der Waals surface area contributed by atoms with Crippen LogP contribution >= 0.6 is 0 Å². The summed E-state index contributed by atoms with van der Waals surface area (Å²) in [4.78, 5) is 13.2. The van der Waals surface area contributed by atoms with Crippen LogP contribution in [-0.2, 0) is 10.2 Å². The van der Waals surface area contributed by atoms with E-state index in [1.807, 2.05) is 6.07 Å². The van der Waals surface area contributed by atoms with Gasteiger partial charge in [-0.15, -0.1) is 0 Å². The number of ether oxygens (including phenoxy) is 1. The Balaban J connectivity index is 1.56. The predicted octanol–water partition coefficient (Wildman–Crippen LogP) is 7.68. The Morgan fingerprint density at radius 1 is 1.14 bits per heavy atom. The summed E-state index contributed by atoms with van der Waals surface area (Å²) in [6, 6.07) is 4.45. The van der Waals surface area contributed by atoms with Crippen molar-refractivity contribution in [1.82, 2.24) is 5.32 Å². The number of phenols is 1. The van der Waals surface area contributed by atoms with Crippen molar-refractivity contribution in [1.29, 1.82) is 0 Å². The normalized spacial score (nSPS) is 24.1. The number of hydrogen-bond acceptors (Lipinski definition) is 3. The van der Waals surface area contributed by atoms with Crippen LogP contribution in [0, 0.1) is 5.92 Å². The Kier molecular flexibility index (Phi) is 7.88.